The first-order valence-electron chi connectivity index (χ1n) is 3.81. The zero-order valence-electron chi connectivity index (χ0n) is 7.35. The molecule has 1 aliphatic rings. The molecular formula is C8H10O4P+. The smallest absolute Gasteiger partial charge is 0.250 e. The summed E-state index contributed by atoms with van der Waals surface area (Å²) in [4.78, 5) is 9.59. The lowest BCUT2D eigenvalue weighted by molar-refractivity contribution is 0.234. The highest BCUT2D eigenvalue weighted by atomic mass is 31.2. The van der Waals surface area contributed by atoms with Crippen LogP contribution in [0, 0.1) is 6.92 Å². The number of aryl methyl sites for hydroxylation is 1. The van der Waals surface area contributed by atoms with E-state index < -0.39 is 8.17 Å². The quantitative estimate of drug-likeness (QED) is 0.706. The summed E-state index contributed by atoms with van der Waals surface area (Å²) in [5.41, 5.74) is 0.922. The fourth-order valence-electron chi connectivity index (χ4n) is 1.15. The minimum atomic E-state index is -3.11. The van der Waals surface area contributed by atoms with Gasteiger partial charge in [0.25, 0.3) is 0 Å². The van der Waals surface area contributed by atoms with E-state index in [0.717, 1.165) is 5.56 Å². The Labute approximate surface area is 76.7 Å². The summed E-state index contributed by atoms with van der Waals surface area (Å²) in [6.07, 6.45) is 0. The molecule has 1 atom stereocenters. The van der Waals surface area contributed by atoms with E-state index in [-0.39, 0.29) is 0 Å². The highest BCUT2D eigenvalue weighted by Crippen LogP contribution is 2.64. The standard InChI is InChI=1S/C8H10O4P/c1-6-4-3-5-7-8(6)12-13(9,10-2)11-7/h3-5,9H,1-2H3/q+1. The van der Waals surface area contributed by atoms with Gasteiger partial charge in [0.05, 0.1) is 7.11 Å². The zero-order chi connectivity index (χ0) is 9.47. The average Bonchev–Trinajstić information content (AvgIpc) is 2.45. The molecule has 5 heteroatoms. The van der Waals surface area contributed by atoms with E-state index in [2.05, 4.69) is 0 Å². The van der Waals surface area contributed by atoms with Crippen molar-refractivity contribution in [1.29, 1.82) is 0 Å². The molecule has 0 radical (unpaired) electrons. The summed E-state index contributed by atoms with van der Waals surface area (Å²) in [6.45, 7) is 1.88. The minimum Gasteiger partial charge on any atom is -0.250 e. The van der Waals surface area contributed by atoms with Crippen LogP contribution in [-0.2, 0) is 4.52 Å². The van der Waals surface area contributed by atoms with Crippen LogP contribution in [0.3, 0.4) is 0 Å². The molecule has 1 unspecified atom stereocenters. The highest BCUT2D eigenvalue weighted by Gasteiger charge is 2.54. The first-order chi connectivity index (χ1) is 6.14. The molecule has 0 aromatic heterocycles. The molecule has 1 heterocycles. The average molecular weight is 201 g/mol. The summed E-state index contributed by atoms with van der Waals surface area (Å²) in [6, 6.07) is 5.45. The third-order valence-electron chi connectivity index (χ3n) is 1.83. The number of rotatable bonds is 1. The van der Waals surface area contributed by atoms with Crippen LogP contribution in [0.5, 0.6) is 11.5 Å². The van der Waals surface area contributed by atoms with Gasteiger partial charge in [-0.05, 0) is 13.0 Å². The monoisotopic (exact) mass is 201 g/mol. The lowest BCUT2D eigenvalue weighted by Gasteiger charge is -2.02. The van der Waals surface area contributed by atoms with Crippen molar-refractivity contribution in [2.75, 3.05) is 7.11 Å². The van der Waals surface area contributed by atoms with Crippen LogP contribution >= 0.6 is 8.17 Å². The summed E-state index contributed by atoms with van der Waals surface area (Å²) in [5, 5.41) is 0. The molecule has 0 amide bonds. The largest absolute Gasteiger partial charge is 0.666 e. The van der Waals surface area contributed by atoms with Crippen molar-refractivity contribution in [1.82, 2.24) is 0 Å². The van der Waals surface area contributed by atoms with Crippen LogP contribution < -0.4 is 9.05 Å². The fourth-order valence-corrected chi connectivity index (χ4v) is 2.19. The Morgan fingerprint density at radius 2 is 2.15 bits per heavy atom. The summed E-state index contributed by atoms with van der Waals surface area (Å²) in [7, 11) is -1.75. The predicted octanol–water partition coefficient (Wildman–Crippen LogP) is 2.08. The van der Waals surface area contributed by atoms with Crippen LogP contribution in [0.15, 0.2) is 18.2 Å². The van der Waals surface area contributed by atoms with Gasteiger partial charge in [0.15, 0.2) is 0 Å². The molecule has 0 spiro atoms. The molecule has 70 valence electrons. The molecule has 1 aromatic carbocycles. The molecule has 1 aliphatic heterocycles. The second-order valence-electron chi connectivity index (χ2n) is 2.74. The van der Waals surface area contributed by atoms with Crippen LogP contribution in [0.1, 0.15) is 5.56 Å². The molecule has 0 aliphatic carbocycles. The molecule has 4 nitrogen and oxygen atoms in total. The third-order valence-corrected chi connectivity index (χ3v) is 3.13. The molecule has 13 heavy (non-hydrogen) atoms. The van der Waals surface area contributed by atoms with Gasteiger partial charge in [0.1, 0.15) is 0 Å². The van der Waals surface area contributed by atoms with Gasteiger partial charge in [-0.3, -0.25) is 4.52 Å². The van der Waals surface area contributed by atoms with Crippen molar-refractivity contribution >= 4 is 8.17 Å². The molecule has 0 saturated heterocycles. The predicted molar refractivity (Wildman–Crippen MR) is 48.6 cm³/mol. The molecule has 1 N–H and O–H groups in total. The second-order valence-corrected chi connectivity index (χ2v) is 4.40. The van der Waals surface area contributed by atoms with E-state index in [1.165, 1.54) is 7.11 Å². The fraction of sp³-hybridized carbons (Fsp3) is 0.250. The van der Waals surface area contributed by atoms with E-state index in [9.17, 15) is 4.89 Å². The van der Waals surface area contributed by atoms with Crippen LogP contribution in [0.4, 0.5) is 0 Å². The lowest BCUT2D eigenvalue weighted by atomic mass is 10.2. The van der Waals surface area contributed by atoms with Gasteiger partial charge in [-0.15, -0.1) is 4.52 Å². The molecule has 0 saturated carbocycles. The minimum absolute atomic E-state index is 0.540. The van der Waals surface area contributed by atoms with E-state index in [1.807, 2.05) is 19.1 Å². The van der Waals surface area contributed by atoms with Gasteiger partial charge >= 0.3 is 8.17 Å². The van der Waals surface area contributed by atoms with E-state index >= 15 is 0 Å². The summed E-state index contributed by atoms with van der Waals surface area (Å²) in [5.74, 6) is 1.11. The molecule has 0 bridgehead atoms. The number of hydrogen-bond donors (Lipinski definition) is 1. The Morgan fingerprint density at radius 1 is 1.38 bits per heavy atom. The maximum absolute atomic E-state index is 9.59. The Kier molecular flexibility index (Phi) is 1.91. The first-order valence-corrected chi connectivity index (χ1v) is 5.30. The third kappa shape index (κ3) is 1.37. The number of fused-ring (bicyclic) bond motifs is 1. The van der Waals surface area contributed by atoms with Crippen molar-refractivity contribution in [2.45, 2.75) is 6.92 Å². The molecular weight excluding hydrogens is 191 g/mol. The topological polar surface area (TPSA) is 47.9 Å². The summed E-state index contributed by atoms with van der Waals surface area (Å²) < 4.78 is 15.1. The van der Waals surface area contributed by atoms with Gasteiger partial charge in [-0.2, -0.15) is 4.89 Å². The first kappa shape index (κ1) is 8.75. The van der Waals surface area contributed by atoms with Crippen LogP contribution in [0.25, 0.3) is 0 Å². The summed E-state index contributed by atoms with van der Waals surface area (Å²) >= 11 is 0. The van der Waals surface area contributed by atoms with Gasteiger partial charge in [-0.25, -0.2) is 4.52 Å². The second kappa shape index (κ2) is 2.84. The van der Waals surface area contributed by atoms with E-state index in [1.54, 1.807) is 6.07 Å². The SMILES string of the molecule is CO[P+]1(O)Oc2cccc(C)c2O1. The maximum atomic E-state index is 9.59. The Hall–Kier alpha value is -0.830. The Morgan fingerprint density at radius 3 is 2.77 bits per heavy atom. The lowest BCUT2D eigenvalue weighted by Crippen LogP contribution is -2.02. The normalized spacial score (nSPS) is 24.8. The van der Waals surface area contributed by atoms with Crippen molar-refractivity contribution in [3.8, 4) is 11.5 Å². The Balaban J connectivity index is 2.40. The number of hydrogen-bond acceptors (Lipinski definition) is 4. The van der Waals surface area contributed by atoms with Crippen molar-refractivity contribution < 1.29 is 18.5 Å². The Bertz CT molecular complexity index is 341. The number of para-hydroxylation sites is 1. The van der Waals surface area contributed by atoms with Gasteiger partial charge in [0.2, 0.25) is 11.5 Å². The molecule has 1 aromatic rings. The van der Waals surface area contributed by atoms with Gasteiger partial charge < -0.3 is 0 Å². The van der Waals surface area contributed by atoms with Gasteiger partial charge in [-0.1, -0.05) is 12.1 Å². The van der Waals surface area contributed by atoms with Crippen molar-refractivity contribution in [3.05, 3.63) is 23.8 Å². The zero-order valence-corrected chi connectivity index (χ0v) is 8.25. The van der Waals surface area contributed by atoms with Crippen LogP contribution in [0.2, 0.25) is 0 Å². The van der Waals surface area contributed by atoms with Crippen LogP contribution in [-0.4, -0.2) is 12.0 Å². The number of benzene rings is 1. The molecule has 0 fully saturated rings. The maximum Gasteiger partial charge on any atom is 0.666 e. The van der Waals surface area contributed by atoms with Crippen molar-refractivity contribution in [2.24, 2.45) is 0 Å². The van der Waals surface area contributed by atoms with E-state index in [0.29, 0.717) is 11.5 Å². The van der Waals surface area contributed by atoms with Crippen molar-refractivity contribution in [3.63, 3.8) is 0 Å². The van der Waals surface area contributed by atoms with E-state index in [4.69, 9.17) is 13.6 Å². The highest BCUT2D eigenvalue weighted by molar-refractivity contribution is 7.56. The molecule has 2 rings (SSSR count). The van der Waals surface area contributed by atoms with Gasteiger partial charge in [0, 0.05) is 5.56 Å².